The number of halogens is 1. The van der Waals surface area contributed by atoms with E-state index >= 15 is 0 Å². The maximum absolute atomic E-state index is 10.9. The molecule has 2 rings (SSSR count). The van der Waals surface area contributed by atoms with Gasteiger partial charge >= 0.3 is 0 Å². The largest absolute Gasteiger partial charge is 0.412 e. The molecule has 5 nitrogen and oxygen atoms in total. The molecule has 12 heavy (non-hydrogen) atoms. The van der Waals surface area contributed by atoms with Crippen LogP contribution in [-0.2, 0) is 9.59 Å². The second-order valence-electron chi connectivity index (χ2n) is 2.72. The smallest absolute Gasteiger partial charge is 0.231 e. The highest BCUT2D eigenvalue weighted by molar-refractivity contribution is 6.05. The van der Waals surface area contributed by atoms with Crippen LogP contribution in [0.15, 0.2) is 0 Å². The molecule has 2 atom stereocenters. The van der Waals surface area contributed by atoms with Crippen molar-refractivity contribution in [2.24, 2.45) is 11.8 Å². The standard InChI is InChI=1S/C6H8N2O2.ClH.H2O/c9-5-3-1-7-2-4(3)6(10)8-5;;/h3-4,7H,1-2H2,(H,8,9,10);1H;1H2. The van der Waals surface area contributed by atoms with Gasteiger partial charge < -0.3 is 10.8 Å². The topological polar surface area (TPSA) is 89.7 Å². The molecule has 6 heteroatoms. The number of nitrogens with one attached hydrogen (secondary N) is 2. The number of hydrogen-bond donors (Lipinski definition) is 2. The molecule has 0 radical (unpaired) electrons. The van der Waals surface area contributed by atoms with Crippen molar-refractivity contribution < 1.29 is 15.1 Å². The molecule has 2 heterocycles. The Kier molecular flexibility index (Phi) is 3.63. The van der Waals surface area contributed by atoms with Crippen LogP contribution in [0.1, 0.15) is 0 Å². The van der Waals surface area contributed by atoms with E-state index in [1.807, 2.05) is 0 Å². The van der Waals surface area contributed by atoms with Crippen molar-refractivity contribution in [1.82, 2.24) is 10.6 Å². The minimum Gasteiger partial charge on any atom is -0.412 e. The molecule has 0 aliphatic carbocycles. The van der Waals surface area contributed by atoms with E-state index in [9.17, 15) is 9.59 Å². The third-order valence-electron chi connectivity index (χ3n) is 2.13. The summed E-state index contributed by atoms with van der Waals surface area (Å²) in [6, 6.07) is 0. The van der Waals surface area contributed by atoms with Crippen molar-refractivity contribution >= 4 is 24.2 Å². The zero-order valence-corrected chi connectivity index (χ0v) is 7.11. The van der Waals surface area contributed by atoms with Crippen molar-refractivity contribution in [2.45, 2.75) is 0 Å². The van der Waals surface area contributed by atoms with E-state index in [4.69, 9.17) is 0 Å². The van der Waals surface area contributed by atoms with Crippen LogP contribution in [0, 0.1) is 11.8 Å². The van der Waals surface area contributed by atoms with E-state index in [1.165, 1.54) is 0 Å². The highest BCUT2D eigenvalue weighted by atomic mass is 35.5. The fraction of sp³-hybridized carbons (Fsp3) is 0.667. The Morgan fingerprint density at radius 2 is 1.50 bits per heavy atom. The highest BCUT2D eigenvalue weighted by Gasteiger charge is 2.44. The number of imide groups is 1. The Morgan fingerprint density at radius 3 is 1.92 bits per heavy atom. The summed E-state index contributed by atoms with van der Waals surface area (Å²) in [5.74, 6) is -0.403. The van der Waals surface area contributed by atoms with Gasteiger partial charge in [0.25, 0.3) is 0 Å². The number of hydrogen-bond acceptors (Lipinski definition) is 3. The van der Waals surface area contributed by atoms with Gasteiger partial charge in [-0.05, 0) is 0 Å². The number of fused-ring (bicyclic) bond motifs is 1. The van der Waals surface area contributed by atoms with Crippen LogP contribution in [0.25, 0.3) is 0 Å². The lowest BCUT2D eigenvalue weighted by Crippen LogP contribution is -2.28. The quantitative estimate of drug-likeness (QED) is 0.441. The van der Waals surface area contributed by atoms with Crippen LogP contribution in [0.3, 0.4) is 0 Å². The zero-order valence-electron chi connectivity index (χ0n) is 6.29. The van der Waals surface area contributed by atoms with Gasteiger partial charge in [-0.1, -0.05) is 0 Å². The second-order valence-corrected chi connectivity index (χ2v) is 2.72. The molecule has 2 saturated heterocycles. The van der Waals surface area contributed by atoms with Gasteiger partial charge in [0.05, 0.1) is 11.8 Å². The molecule has 70 valence electrons. The summed E-state index contributed by atoms with van der Waals surface area (Å²) in [5.41, 5.74) is 0. The average molecular weight is 195 g/mol. The summed E-state index contributed by atoms with van der Waals surface area (Å²) in [4.78, 5) is 21.8. The Labute approximate surface area is 75.6 Å². The minimum atomic E-state index is -0.111. The molecule has 2 aliphatic rings. The van der Waals surface area contributed by atoms with E-state index in [0.29, 0.717) is 13.1 Å². The molecule has 2 unspecified atom stereocenters. The molecule has 0 aromatic carbocycles. The number of rotatable bonds is 0. The maximum Gasteiger partial charge on any atom is 0.231 e. The van der Waals surface area contributed by atoms with Crippen molar-refractivity contribution in [3.05, 3.63) is 0 Å². The Balaban J connectivity index is 0.000000605. The van der Waals surface area contributed by atoms with E-state index < -0.39 is 0 Å². The summed E-state index contributed by atoms with van der Waals surface area (Å²) >= 11 is 0. The Morgan fingerprint density at radius 1 is 1.08 bits per heavy atom. The third-order valence-corrected chi connectivity index (χ3v) is 2.13. The van der Waals surface area contributed by atoms with E-state index in [1.54, 1.807) is 0 Å². The summed E-state index contributed by atoms with van der Waals surface area (Å²) in [7, 11) is 0. The summed E-state index contributed by atoms with van der Waals surface area (Å²) in [6.45, 7) is 1.31. The van der Waals surface area contributed by atoms with Crippen LogP contribution in [0.5, 0.6) is 0 Å². The molecule has 2 amide bonds. The van der Waals surface area contributed by atoms with Crippen molar-refractivity contribution in [3.8, 4) is 0 Å². The molecular formula is C6H11ClN2O3. The van der Waals surface area contributed by atoms with Gasteiger partial charge in [0.15, 0.2) is 0 Å². The second kappa shape index (κ2) is 3.84. The fourth-order valence-electron chi connectivity index (χ4n) is 1.54. The SMILES string of the molecule is Cl.O.O=C1NC(=O)C2CNCC12. The Hall–Kier alpha value is -0.650. The molecule has 4 N–H and O–H groups in total. The first kappa shape index (κ1) is 11.4. The number of amides is 2. The normalized spacial score (nSPS) is 31.7. The summed E-state index contributed by atoms with van der Waals surface area (Å²) < 4.78 is 0. The van der Waals surface area contributed by atoms with Gasteiger partial charge in [-0.3, -0.25) is 14.9 Å². The maximum atomic E-state index is 10.9. The van der Waals surface area contributed by atoms with Gasteiger partial charge in [-0.15, -0.1) is 12.4 Å². The molecule has 2 aliphatic heterocycles. The van der Waals surface area contributed by atoms with Crippen LogP contribution < -0.4 is 10.6 Å². The third kappa shape index (κ3) is 1.43. The minimum absolute atomic E-state index is 0. The zero-order chi connectivity index (χ0) is 7.14. The highest BCUT2D eigenvalue weighted by Crippen LogP contribution is 2.21. The Bertz CT molecular complexity index is 189. The molecule has 2 fully saturated rings. The lowest BCUT2D eigenvalue weighted by Gasteiger charge is -1.97. The molecule has 0 bridgehead atoms. The fourth-order valence-corrected chi connectivity index (χ4v) is 1.54. The molecule has 0 spiro atoms. The first-order chi connectivity index (χ1) is 4.79. The lowest BCUT2D eigenvalue weighted by atomic mass is 10.00. The molecule has 0 aromatic heterocycles. The number of carbonyl (C=O) groups is 2. The van der Waals surface area contributed by atoms with Gasteiger partial charge in [-0.25, -0.2) is 0 Å². The predicted octanol–water partition coefficient (Wildman–Crippen LogP) is -1.92. The van der Waals surface area contributed by atoms with E-state index in [0.717, 1.165) is 0 Å². The van der Waals surface area contributed by atoms with Crippen LogP contribution in [-0.4, -0.2) is 30.4 Å². The van der Waals surface area contributed by atoms with Crippen molar-refractivity contribution in [3.63, 3.8) is 0 Å². The van der Waals surface area contributed by atoms with Gasteiger partial charge in [0.1, 0.15) is 0 Å². The lowest BCUT2D eigenvalue weighted by molar-refractivity contribution is -0.126. The number of carbonyl (C=O) groups excluding carboxylic acids is 2. The van der Waals surface area contributed by atoms with Gasteiger partial charge in [0, 0.05) is 13.1 Å². The predicted molar refractivity (Wildman–Crippen MR) is 43.9 cm³/mol. The first-order valence-electron chi connectivity index (χ1n) is 3.34. The van der Waals surface area contributed by atoms with Crippen LogP contribution >= 0.6 is 12.4 Å². The van der Waals surface area contributed by atoms with Gasteiger partial charge in [-0.2, -0.15) is 0 Å². The van der Waals surface area contributed by atoms with Crippen LogP contribution in [0.4, 0.5) is 0 Å². The monoisotopic (exact) mass is 194 g/mol. The summed E-state index contributed by atoms with van der Waals surface area (Å²) in [6.07, 6.45) is 0. The van der Waals surface area contributed by atoms with Gasteiger partial charge in [0.2, 0.25) is 11.8 Å². The first-order valence-corrected chi connectivity index (χ1v) is 3.34. The summed E-state index contributed by atoms with van der Waals surface area (Å²) in [5, 5.41) is 5.30. The average Bonchev–Trinajstić information content (AvgIpc) is 2.39. The van der Waals surface area contributed by atoms with E-state index in [-0.39, 0.29) is 41.5 Å². The molecular weight excluding hydrogens is 184 g/mol. The van der Waals surface area contributed by atoms with Crippen LogP contribution in [0.2, 0.25) is 0 Å². The molecule has 0 saturated carbocycles. The van der Waals surface area contributed by atoms with Crippen molar-refractivity contribution in [1.29, 1.82) is 0 Å². The van der Waals surface area contributed by atoms with E-state index in [2.05, 4.69) is 10.6 Å². The van der Waals surface area contributed by atoms with Crippen molar-refractivity contribution in [2.75, 3.05) is 13.1 Å². The molecule has 0 aromatic rings.